The quantitative estimate of drug-likeness (QED) is 0.863. The van der Waals surface area contributed by atoms with E-state index in [9.17, 15) is 9.59 Å². The van der Waals surface area contributed by atoms with Gasteiger partial charge >= 0.3 is 0 Å². The van der Waals surface area contributed by atoms with Gasteiger partial charge in [0.2, 0.25) is 5.91 Å². The van der Waals surface area contributed by atoms with Crippen LogP contribution in [0.2, 0.25) is 0 Å². The van der Waals surface area contributed by atoms with E-state index in [1.165, 1.54) is 18.9 Å². The van der Waals surface area contributed by atoms with Gasteiger partial charge in [0.05, 0.1) is 14.2 Å². The lowest BCUT2D eigenvalue weighted by Crippen LogP contribution is -2.25. The number of likely N-dealkylation sites (tertiary alicyclic amines) is 1. The number of anilines is 1. The maximum absolute atomic E-state index is 12.3. The number of hydrogen-bond donors (Lipinski definition) is 1. The van der Waals surface area contributed by atoms with Crippen LogP contribution in [0.3, 0.4) is 0 Å². The predicted molar refractivity (Wildman–Crippen MR) is 97.4 cm³/mol. The number of nitrogens with one attached hydrogen (secondary N) is 1. The monoisotopic (exact) mass is 363 g/mol. The Morgan fingerprint density at radius 1 is 1.28 bits per heavy atom. The van der Waals surface area contributed by atoms with Gasteiger partial charge < -0.3 is 19.7 Å². The number of hydrogen-bond acceptors (Lipinski definition) is 6. The first-order valence-electron chi connectivity index (χ1n) is 8.16. The zero-order valence-electron chi connectivity index (χ0n) is 14.3. The second kappa shape index (κ2) is 7.77. The van der Waals surface area contributed by atoms with Crippen molar-refractivity contribution in [3.63, 3.8) is 0 Å². The van der Waals surface area contributed by atoms with Crippen LogP contribution in [0.15, 0.2) is 23.2 Å². The summed E-state index contributed by atoms with van der Waals surface area (Å²) in [6.07, 6.45) is 2.34. The molecule has 1 aromatic carbocycles. The third kappa shape index (κ3) is 4.07. The fourth-order valence-corrected chi connectivity index (χ4v) is 3.96. The van der Waals surface area contributed by atoms with Crippen molar-refractivity contribution in [1.82, 2.24) is 4.90 Å². The molecule has 25 heavy (non-hydrogen) atoms. The molecule has 2 aliphatic rings. The second-order valence-corrected chi connectivity index (χ2v) is 7.03. The Morgan fingerprint density at radius 3 is 2.68 bits per heavy atom. The largest absolute Gasteiger partial charge is 0.493 e. The summed E-state index contributed by atoms with van der Waals surface area (Å²) in [5, 5.41) is 3.10. The summed E-state index contributed by atoms with van der Waals surface area (Å²) in [5.74, 6) is 0.669. The van der Waals surface area contributed by atoms with Crippen molar-refractivity contribution in [1.29, 1.82) is 0 Å². The average Bonchev–Trinajstić information content (AvgIpc) is 3.25. The molecule has 2 heterocycles. The lowest BCUT2D eigenvalue weighted by atomic mass is 10.2. The van der Waals surface area contributed by atoms with Crippen LogP contribution in [0, 0.1) is 0 Å². The number of carbonyl (C=O) groups is 2. The standard InChI is InChI=1S/C17H21N3O4S/c1-23-12-6-5-11(9-13(12)24-2)18-15(21)10-14-16(22)19-17(25-14)20-7-3-4-8-20/h5-6,9,14H,3-4,7-8,10H2,1-2H3,(H,18,21). The molecule has 8 heteroatoms. The average molecular weight is 363 g/mol. The number of carbonyl (C=O) groups excluding carboxylic acids is 2. The molecule has 0 aliphatic carbocycles. The van der Waals surface area contributed by atoms with Crippen LogP contribution in [0.4, 0.5) is 5.69 Å². The molecule has 0 radical (unpaired) electrons. The van der Waals surface area contributed by atoms with Gasteiger partial charge in [-0.2, -0.15) is 4.99 Å². The number of ether oxygens (including phenoxy) is 2. The first kappa shape index (κ1) is 17.6. The molecule has 0 saturated carbocycles. The van der Waals surface area contributed by atoms with Crippen molar-refractivity contribution in [2.75, 3.05) is 32.6 Å². The summed E-state index contributed by atoms with van der Waals surface area (Å²) >= 11 is 1.39. The van der Waals surface area contributed by atoms with E-state index in [1.807, 2.05) is 0 Å². The third-order valence-electron chi connectivity index (χ3n) is 4.14. The van der Waals surface area contributed by atoms with Crippen LogP contribution in [-0.4, -0.2) is 54.4 Å². The van der Waals surface area contributed by atoms with E-state index < -0.39 is 5.25 Å². The van der Waals surface area contributed by atoms with Gasteiger partial charge in [-0.15, -0.1) is 0 Å². The van der Waals surface area contributed by atoms with Gasteiger partial charge in [0.15, 0.2) is 16.7 Å². The van der Waals surface area contributed by atoms with Crippen molar-refractivity contribution in [3.8, 4) is 11.5 Å². The van der Waals surface area contributed by atoms with E-state index in [1.54, 1.807) is 25.3 Å². The first-order valence-corrected chi connectivity index (χ1v) is 9.04. The number of aliphatic imine (C=N–C) groups is 1. The number of thioether (sulfide) groups is 1. The molecule has 1 atom stereocenters. The Balaban J connectivity index is 1.57. The minimum atomic E-state index is -0.448. The maximum Gasteiger partial charge on any atom is 0.262 e. The smallest absolute Gasteiger partial charge is 0.262 e. The molecule has 7 nitrogen and oxygen atoms in total. The Kier molecular flexibility index (Phi) is 5.47. The zero-order valence-corrected chi connectivity index (χ0v) is 15.1. The number of amidine groups is 1. The molecule has 1 fully saturated rings. The first-order chi connectivity index (χ1) is 12.1. The Morgan fingerprint density at radius 2 is 2.00 bits per heavy atom. The third-order valence-corrected chi connectivity index (χ3v) is 5.36. The molecule has 0 bridgehead atoms. The molecule has 2 amide bonds. The van der Waals surface area contributed by atoms with Gasteiger partial charge in [0, 0.05) is 31.3 Å². The molecule has 1 N–H and O–H groups in total. The normalized spacial score (nSPS) is 19.8. The van der Waals surface area contributed by atoms with Crippen molar-refractivity contribution in [2.24, 2.45) is 4.99 Å². The van der Waals surface area contributed by atoms with E-state index >= 15 is 0 Å². The molecule has 2 aliphatic heterocycles. The molecule has 0 aromatic heterocycles. The van der Waals surface area contributed by atoms with Gasteiger partial charge in [0.1, 0.15) is 5.25 Å². The fourth-order valence-electron chi connectivity index (χ4n) is 2.85. The van der Waals surface area contributed by atoms with E-state index in [0.717, 1.165) is 31.1 Å². The summed E-state index contributed by atoms with van der Waals surface area (Å²) in [4.78, 5) is 30.6. The summed E-state index contributed by atoms with van der Waals surface area (Å²) in [6.45, 7) is 1.87. The van der Waals surface area contributed by atoms with E-state index in [2.05, 4.69) is 15.2 Å². The second-order valence-electron chi connectivity index (χ2n) is 5.86. The number of nitrogens with zero attached hydrogens (tertiary/aromatic N) is 2. The van der Waals surface area contributed by atoms with Crippen molar-refractivity contribution in [3.05, 3.63) is 18.2 Å². The highest BCUT2D eigenvalue weighted by Crippen LogP contribution is 2.31. The van der Waals surface area contributed by atoms with Crippen LogP contribution in [0.5, 0.6) is 11.5 Å². The van der Waals surface area contributed by atoms with Crippen molar-refractivity contribution >= 4 is 34.4 Å². The highest BCUT2D eigenvalue weighted by Gasteiger charge is 2.33. The van der Waals surface area contributed by atoms with Crippen LogP contribution in [-0.2, 0) is 9.59 Å². The lowest BCUT2D eigenvalue weighted by molar-refractivity contribution is -0.121. The predicted octanol–water partition coefficient (Wildman–Crippen LogP) is 2.13. The lowest BCUT2D eigenvalue weighted by Gasteiger charge is -2.16. The summed E-state index contributed by atoms with van der Waals surface area (Å²) in [7, 11) is 3.09. The van der Waals surface area contributed by atoms with Gasteiger partial charge in [-0.25, -0.2) is 0 Å². The minimum absolute atomic E-state index is 0.0959. The number of benzene rings is 1. The summed E-state index contributed by atoms with van der Waals surface area (Å²) in [5.41, 5.74) is 0.596. The van der Waals surface area contributed by atoms with Gasteiger partial charge in [-0.05, 0) is 25.0 Å². The Labute approximate surface area is 150 Å². The zero-order chi connectivity index (χ0) is 17.8. The maximum atomic E-state index is 12.3. The number of methoxy groups -OCH3 is 2. The van der Waals surface area contributed by atoms with Gasteiger partial charge in [-0.1, -0.05) is 11.8 Å². The molecule has 1 saturated heterocycles. The Bertz CT molecular complexity index is 701. The van der Waals surface area contributed by atoms with Crippen molar-refractivity contribution < 1.29 is 19.1 Å². The molecular weight excluding hydrogens is 342 g/mol. The molecule has 1 aromatic rings. The van der Waals surface area contributed by atoms with Crippen molar-refractivity contribution in [2.45, 2.75) is 24.5 Å². The van der Waals surface area contributed by atoms with E-state index in [-0.39, 0.29) is 18.2 Å². The van der Waals surface area contributed by atoms with Crippen LogP contribution in [0.25, 0.3) is 0 Å². The minimum Gasteiger partial charge on any atom is -0.493 e. The highest BCUT2D eigenvalue weighted by atomic mass is 32.2. The summed E-state index contributed by atoms with van der Waals surface area (Å²) < 4.78 is 10.4. The SMILES string of the molecule is COc1ccc(NC(=O)CC2SC(N3CCCC3)=NC2=O)cc1OC. The molecule has 1 unspecified atom stereocenters. The van der Waals surface area contributed by atoms with Gasteiger partial charge in [0.25, 0.3) is 5.91 Å². The van der Waals surface area contributed by atoms with Gasteiger partial charge in [-0.3, -0.25) is 9.59 Å². The molecule has 134 valence electrons. The topological polar surface area (TPSA) is 80.2 Å². The molecule has 0 spiro atoms. The van der Waals surface area contributed by atoms with Crippen LogP contribution >= 0.6 is 11.8 Å². The van der Waals surface area contributed by atoms with Crippen LogP contribution < -0.4 is 14.8 Å². The Hall–Kier alpha value is -2.22. The highest BCUT2D eigenvalue weighted by molar-refractivity contribution is 8.15. The number of rotatable bonds is 5. The number of amides is 2. The fraction of sp³-hybridized carbons (Fsp3) is 0.471. The van der Waals surface area contributed by atoms with E-state index in [0.29, 0.717) is 17.2 Å². The molecule has 3 rings (SSSR count). The summed E-state index contributed by atoms with van der Waals surface area (Å²) in [6, 6.07) is 5.14. The van der Waals surface area contributed by atoms with Crippen LogP contribution in [0.1, 0.15) is 19.3 Å². The molecular formula is C17H21N3O4S. The van der Waals surface area contributed by atoms with E-state index in [4.69, 9.17) is 9.47 Å².